The highest BCUT2D eigenvalue weighted by Gasteiger charge is 2.21. The maximum absolute atomic E-state index is 4.76. The zero-order valence-corrected chi connectivity index (χ0v) is 17.9. The van der Waals surface area contributed by atoms with Crippen molar-refractivity contribution in [2.75, 3.05) is 33.2 Å². The lowest BCUT2D eigenvalue weighted by Gasteiger charge is -2.27. The van der Waals surface area contributed by atoms with Gasteiger partial charge in [0, 0.05) is 5.92 Å². The van der Waals surface area contributed by atoms with Crippen molar-refractivity contribution < 1.29 is 0 Å². The predicted octanol–water partition coefficient (Wildman–Crippen LogP) is 5.53. The number of nitrogens with zero attached hydrogens (tertiary/aromatic N) is 2. The van der Waals surface area contributed by atoms with E-state index in [1.807, 2.05) is 25.2 Å². The van der Waals surface area contributed by atoms with E-state index in [-0.39, 0.29) is 0 Å². The smallest absolute Gasteiger partial charge is 0.0970 e. The van der Waals surface area contributed by atoms with Crippen LogP contribution >= 0.6 is 11.3 Å². The van der Waals surface area contributed by atoms with Gasteiger partial charge in [-0.2, -0.15) is 0 Å². The molecule has 4 rings (SSSR count). The Labute approximate surface area is 164 Å². The van der Waals surface area contributed by atoms with Gasteiger partial charge in [-0.1, -0.05) is 39.3 Å². The molecule has 0 bridgehead atoms. The minimum absolute atomic E-state index is 0.689. The number of fused-ring (bicyclic) bond motifs is 1. The molecule has 0 saturated carbocycles. The Morgan fingerprint density at radius 2 is 1.81 bits per heavy atom. The van der Waals surface area contributed by atoms with Gasteiger partial charge in [0.15, 0.2) is 0 Å². The first-order valence-corrected chi connectivity index (χ1v) is 11.3. The van der Waals surface area contributed by atoms with Crippen molar-refractivity contribution in [2.45, 2.75) is 58.8 Å². The van der Waals surface area contributed by atoms with E-state index >= 15 is 0 Å². The van der Waals surface area contributed by atoms with Gasteiger partial charge in [0.05, 0.1) is 15.2 Å². The van der Waals surface area contributed by atoms with E-state index in [0.29, 0.717) is 5.92 Å². The van der Waals surface area contributed by atoms with Crippen LogP contribution in [0.1, 0.15) is 63.8 Å². The minimum atomic E-state index is 0.689. The molecule has 1 aromatic heterocycles. The number of hydrogen-bond donors (Lipinski definition) is 1. The lowest BCUT2D eigenvalue weighted by atomic mass is 9.98. The lowest BCUT2D eigenvalue weighted by Crippen LogP contribution is -2.29. The van der Waals surface area contributed by atoms with Crippen LogP contribution in [0.2, 0.25) is 0 Å². The zero-order chi connectivity index (χ0) is 18.8. The number of likely N-dealkylation sites (tertiary alicyclic amines) is 1. The van der Waals surface area contributed by atoms with Crippen LogP contribution in [0.4, 0.5) is 0 Å². The van der Waals surface area contributed by atoms with Crippen LogP contribution in [0.3, 0.4) is 0 Å². The molecule has 3 nitrogen and oxygen atoms in total. The van der Waals surface area contributed by atoms with E-state index in [1.165, 1.54) is 73.5 Å². The molecule has 0 aliphatic carbocycles. The van der Waals surface area contributed by atoms with E-state index in [0.717, 1.165) is 5.92 Å². The summed E-state index contributed by atoms with van der Waals surface area (Å²) < 4.78 is 1.33. The summed E-state index contributed by atoms with van der Waals surface area (Å²) in [5.41, 5.74) is 1.17. The summed E-state index contributed by atoms with van der Waals surface area (Å²) >= 11 is 1.88. The maximum atomic E-state index is 4.76. The Morgan fingerprint density at radius 1 is 1.08 bits per heavy atom. The van der Waals surface area contributed by atoms with Gasteiger partial charge in [0.1, 0.15) is 0 Å². The van der Waals surface area contributed by atoms with Crippen LogP contribution < -0.4 is 5.32 Å². The van der Waals surface area contributed by atoms with Gasteiger partial charge in [-0.25, -0.2) is 4.98 Å². The van der Waals surface area contributed by atoms with E-state index in [2.05, 4.69) is 48.5 Å². The highest BCUT2D eigenvalue weighted by atomic mass is 32.1. The Bertz CT molecular complexity index is 576. The molecule has 1 atom stereocenters. The molecule has 0 radical (unpaired) electrons. The molecule has 1 N–H and O–H groups in total. The van der Waals surface area contributed by atoms with Gasteiger partial charge in [-0.15, -0.1) is 11.3 Å². The molecule has 2 aliphatic heterocycles. The quantitative estimate of drug-likeness (QED) is 0.710. The summed E-state index contributed by atoms with van der Waals surface area (Å²) in [5, 5.41) is 4.74. The molecule has 0 spiro atoms. The molecule has 2 fully saturated rings. The third-order valence-corrected chi connectivity index (χ3v) is 6.37. The topological polar surface area (TPSA) is 28.2 Å². The summed E-state index contributed by atoms with van der Waals surface area (Å²) in [4.78, 5) is 7.17. The Morgan fingerprint density at radius 3 is 2.54 bits per heavy atom. The molecule has 0 amide bonds. The number of rotatable bonds is 1. The largest absolute Gasteiger partial charge is 0.316 e. The van der Waals surface area contributed by atoms with Crippen LogP contribution in [-0.2, 0) is 0 Å². The average molecular weight is 376 g/mol. The van der Waals surface area contributed by atoms with Crippen molar-refractivity contribution in [1.29, 1.82) is 0 Å². The molecule has 2 aromatic rings. The Kier molecular flexibility index (Phi) is 9.58. The highest BCUT2D eigenvalue weighted by Crippen LogP contribution is 2.33. The first-order valence-electron chi connectivity index (χ1n) is 10.5. The fraction of sp³-hybridized carbons (Fsp3) is 0.682. The lowest BCUT2D eigenvalue weighted by molar-refractivity contribution is 0.255. The first kappa shape index (κ1) is 21.3. The molecule has 26 heavy (non-hydrogen) atoms. The third kappa shape index (κ3) is 6.64. The standard InChI is InChI=1S/C13H16N2S.C7H15N.C2H6/c1-15-8-6-10(7-9-15)13-14-11-4-2-3-5-12(11)16-13;1-7-4-2-3-5-8-6-7;1-2/h2-5,10H,6-9H2,1H3;7-8H,2-6H2,1H3;1-2H3. The zero-order valence-electron chi connectivity index (χ0n) is 17.1. The van der Waals surface area contributed by atoms with Gasteiger partial charge >= 0.3 is 0 Å². The number of piperidine rings is 1. The summed E-state index contributed by atoms with van der Waals surface area (Å²) in [7, 11) is 2.20. The molecule has 4 heteroatoms. The monoisotopic (exact) mass is 375 g/mol. The van der Waals surface area contributed by atoms with E-state index in [9.17, 15) is 0 Å². The summed E-state index contributed by atoms with van der Waals surface area (Å²) in [6.45, 7) is 11.2. The van der Waals surface area contributed by atoms with Gasteiger partial charge < -0.3 is 10.2 Å². The molecule has 1 aromatic carbocycles. The molecular formula is C22H37N3S. The van der Waals surface area contributed by atoms with Crippen molar-refractivity contribution in [2.24, 2.45) is 5.92 Å². The molecule has 146 valence electrons. The highest BCUT2D eigenvalue weighted by molar-refractivity contribution is 7.18. The fourth-order valence-electron chi connectivity index (χ4n) is 3.51. The number of nitrogens with one attached hydrogen (secondary N) is 1. The number of para-hydroxylation sites is 1. The van der Waals surface area contributed by atoms with Crippen LogP contribution in [-0.4, -0.2) is 43.1 Å². The van der Waals surface area contributed by atoms with Crippen molar-refractivity contribution in [1.82, 2.24) is 15.2 Å². The second kappa shape index (κ2) is 11.7. The van der Waals surface area contributed by atoms with E-state index < -0.39 is 0 Å². The third-order valence-electron chi connectivity index (χ3n) is 5.17. The SMILES string of the molecule is CC.CC1CCCCNC1.CN1CCC(c2nc3ccccc3s2)CC1. The second-order valence-corrected chi connectivity index (χ2v) is 8.46. The number of hydrogen-bond acceptors (Lipinski definition) is 4. The Hall–Kier alpha value is -0.970. The van der Waals surface area contributed by atoms with Gasteiger partial charge in [0.25, 0.3) is 0 Å². The molecular weight excluding hydrogens is 338 g/mol. The molecule has 3 heterocycles. The number of aromatic nitrogens is 1. The number of benzene rings is 1. The fourth-order valence-corrected chi connectivity index (χ4v) is 4.65. The molecule has 2 saturated heterocycles. The van der Waals surface area contributed by atoms with Crippen LogP contribution in [0.25, 0.3) is 10.2 Å². The normalized spacial score (nSPS) is 21.9. The Balaban J connectivity index is 0.000000206. The van der Waals surface area contributed by atoms with E-state index in [1.54, 1.807) is 0 Å². The van der Waals surface area contributed by atoms with Gasteiger partial charge in [0.2, 0.25) is 0 Å². The van der Waals surface area contributed by atoms with Crippen molar-refractivity contribution >= 4 is 21.6 Å². The summed E-state index contributed by atoms with van der Waals surface area (Å²) in [6, 6.07) is 8.45. The second-order valence-electron chi connectivity index (χ2n) is 7.40. The van der Waals surface area contributed by atoms with E-state index in [4.69, 9.17) is 4.98 Å². The van der Waals surface area contributed by atoms with Crippen LogP contribution in [0, 0.1) is 5.92 Å². The molecule has 2 aliphatic rings. The van der Waals surface area contributed by atoms with Crippen LogP contribution in [0.5, 0.6) is 0 Å². The minimum Gasteiger partial charge on any atom is -0.316 e. The summed E-state index contributed by atoms with van der Waals surface area (Å²) in [5.74, 6) is 1.60. The molecule has 1 unspecified atom stereocenters. The predicted molar refractivity (Wildman–Crippen MR) is 116 cm³/mol. The number of thiazole rings is 1. The van der Waals surface area contributed by atoms with Crippen molar-refractivity contribution in [3.05, 3.63) is 29.3 Å². The first-order chi connectivity index (χ1) is 12.7. The van der Waals surface area contributed by atoms with Gasteiger partial charge in [-0.05, 0) is 77.0 Å². The maximum Gasteiger partial charge on any atom is 0.0970 e. The van der Waals surface area contributed by atoms with Gasteiger partial charge in [-0.3, -0.25) is 0 Å². The average Bonchev–Trinajstić information content (AvgIpc) is 2.97. The van der Waals surface area contributed by atoms with Crippen molar-refractivity contribution in [3.63, 3.8) is 0 Å². The van der Waals surface area contributed by atoms with Crippen LogP contribution in [0.15, 0.2) is 24.3 Å². The summed E-state index contributed by atoms with van der Waals surface area (Å²) in [6.07, 6.45) is 6.75. The van der Waals surface area contributed by atoms with Crippen molar-refractivity contribution in [3.8, 4) is 0 Å².